The Balaban J connectivity index is 1.95. The number of anilines is 1. The van der Waals surface area contributed by atoms with Gasteiger partial charge in [0.2, 0.25) is 0 Å². The smallest absolute Gasteiger partial charge is 0.104 e. The van der Waals surface area contributed by atoms with Crippen LogP contribution in [0.15, 0.2) is 42.6 Å². The first kappa shape index (κ1) is 14.9. The number of nitrogens with two attached hydrogens (primary N) is 2. The Morgan fingerprint density at radius 3 is 2.50 bits per heavy atom. The summed E-state index contributed by atoms with van der Waals surface area (Å²) in [4.78, 5) is 2.14. The predicted molar refractivity (Wildman–Crippen MR) is 93.3 cm³/mol. The standard InChI is InChI=1S/C18H20ClN3/c1-11-3-8-16-15(17(11)20)9-10-22(18(16)21)12(2)13-4-6-14(19)7-5-13/h3-10,12,18H,20-21H2,1-2H3. The number of benzene rings is 2. The van der Waals surface area contributed by atoms with Crippen LogP contribution in [-0.4, -0.2) is 4.90 Å². The summed E-state index contributed by atoms with van der Waals surface area (Å²) in [5.74, 6) is 0. The van der Waals surface area contributed by atoms with Gasteiger partial charge in [-0.3, -0.25) is 0 Å². The van der Waals surface area contributed by atoms with E-state index in [4.69, 9.17) is 23.1 Å². The van der Waals surface area contributed by atoms with Gasteiger partial charge in [-0.15, -0.1) is 0 Å². The molecule has 2 aromatic rings. The number of halogens is 1. The average Bonchev–Trinajstić information content (AvgIpc) is 2.51. The zero-order valence-corrected chi connectivity index (χ0v) is 13.5. The van der Waals surface area contributed by atoms with Gasteiger partial charge >= 0.3 is 0 Å². The molecule has 0 aromatic heterocycles. The Bertz CT molecular complexity index is 722. The van der Waals surface area contributed by atoms with E-state index in [2.05, 4.69) is 17.9 Å². The largest absolute Gasteiger partial charge is 0.398 e. The van der Waals surface area contributed by atoms with Gasteiger partial charge in [-0.2, -0.15) is 0 Å². The Morgan fingerprint density at radius 1 is 1.14 bits per heavy atom. The molecule has 3 rings (SSSR count). The summed E-state index contributed by atoms with van der Waals surface area (Å²) in [6, 6.07) is 12.1. The molecule has 0 amide bonds. The number of hydrogen-bond donors (Lipinski definition) is 2. The predicted octanol–water partition coefficient (Wildman–Crippen LogP) is 4.24. The van der Waals surface area contributed by atoms with Crippen LogP contribution in [0.2, 0.25) is 5.02 Å². The molecule has 114 valence electrons. The van der Waals surface area contributed by atoms with Crippen molar-refractivity contribution >= 4 is 23.4 Å². The Kier molecular flexibility index (Phi) is 3.85. The minimum Gasteiger partial charge on any atom is -0.398 e. The first-order valence-corrected chi connectivity index (χ1v) is 7.72. The zero-order chi connectivity index (χ0) is 15.9. The third kappa shape index (κ3) is 2.47. The van der Waals surface area contributed by atoms with Gasteiger partial charge in [0.15, 0.2) is 0 Å². The summed E-state index contributed by atoms with van der Waals surface area (Å²) in [5, 5.41) is 0.739. The monoisotopic (exact) mass is 313 g/mol. The highest BCUT2D eigenvalue weighted by Gasteiger charge is 2.26. The molecular formula is C18H20ClN3. The van der Waals surface area contributed by atoms with E-state index in [0.29, 0.717) is 0 Å². The zero-order valence-electron chi connectivity index (χ0n) is 12.8. The van der Waals surface area contributed by atoms with E-state index in [-0.39, 0.29) is 12.2 Å². The van der Waals surface area contributed by atoms with Crippen molar-refractivity contribution in [3.8, 4) is 0 Å². The number of nitrogen functional groups attached to an aromatic ring is 1. The van der Waals surface area contributed by atoms with E-state index in [9.17, 15) is 0 Å². The van der Waals surface area contributed by atoms with Gasteiger partial charge < -0.3 is 16.4 Å². The van der Waals surface area contributed by atoms with Crippen molar-refractivity contribution in [3.05, 3.63) is 69.9 Å². The lowest BCUT2D eigenvalue weighted by molar-refractivity contribution is 0.221. The van der Waals surface area contributed by atoms with E-state index in [0.717, 1.165) is 27.4 Å². The molecule has 2 atom stereocenters. The molecular weight excluding hydrogens is 294 g/mol. The van der Waals surface area contributed by atoms with E-state index >= 15 is 0 Å². The van der Waals surface area contributed by atoms with Crippen molar-refractivity contribution in [2.24, 2.45) is 5.73 Å². The topological polar surface area (TPSA) is 55.3 Å². The highest BCUT2D eigenvalue weighted by molar-refractivity contribution is 6.30. The molecule has 4 heteroatoms. The summed E-state index contributed by atoms with van der Waals surface area (Å²) in [5.41, 5.74) is 17.8. The van der Waals surface area contributed by atoms with Gasteiger partial charge in [-0.1, -0.05) is 35.9 Å². The fourth-order valence-electron chi connectivity index (χ4n) is 2.90. The maximum atomic E-state index is 6.47. The van der Waals surface area contributed by atoms with Crippen LogP contribution in [0, 0.1) is 6.92 Å². The van der Waals surface area contributed by atoms with Crippen molar-refractivity contribution in [2.75, 3.05) is 5.73 Å². The molecule has 1 aliphatic rings. The summed E-state index contributed by atoms with van der Waals surface area (Å²) in [6.45, 7) is 4.15. The van der Waals surface area contributed by atoms with E-state index < -0.39 is 0 Å². The van der Waals surface area contributed by atoms with Crippen LogP contribution in [-0.2, 0) is 0 Å². The van der Waals surface area contributed by atoms with Crippen molar-refractivity contribution in [3.63, 3.8) is 0 Å². The molecule has 3 nitrogen and oxygen atoms in total. The highest BCUT2D eigenvalue weighted by Crippen LogP contribution is 2.36. The molecule has 2 aromatic carbocycles. The molecule has 1 aliphatic heterocycles. The second-order valence-corrected chi connectivity index (χ2v) is 6.17. The molecule has 22 heavy (non-hydrogen) atoms. The highest BCUT2D eigenvalue weighted by atomic mass is 35.5. The summed E-state index contributed by atoms with van der Waals surface area (Å²) < 4.78 is 0. The Labute approximate surface area is 136 Å². The van der Waals surface area contributed by atoms with Gasteiger partial charge in [-0.05, 0) is 48.7 Å². The molecule has 0 spiro atoms. The molecule has 0 fully saturated rings. The fourth-order valence-corrected chi connectivity index (χ4v) is 3.03. The fraction of sp³-hybridized carbons (Fsp3) is 0.222. The molecule has 4 N–H and O–H groups in total. The molecule has 0 saturated heterocycles. The third-order valence-electron chi connectivity index (χ3n) is 4.39. The number of rotatable bonds is 2. The first-order chi connectivity index (χ1) is 10.5. The van der Waals surface area contributed by atoms with Crippen LogP contribution in [0.5, 0.6) is 0 Å². The van der Waals surface area contributed by atoms with Crippen LogP contribution in [0.1, 0.15) is 41.4 Å². The van der Waals surface area contributed by atoms with Crippen LogP contribution in [0.25, 0.3) is 6.08 Å². The summed E-state index contributed by atoms with van der Waals surface area (Å²) in [6.07, 6.45) is 3.86. The third-order valence-corrected chi connectivity index (χ3v) is 4.64. The molecule has 0 aliphatic carbocycles. The second kappa shape index (κ2) is 5.67. The summed E-state index contributed by atoms with van der Waals surface area (Å²) in [7, 11) is 0. The van der Waals surface area contributed by atoms with Gasteiger partial charge in [0.05, 0.1) is 6.04 Å². The average molecular weight is 314 g/mol. The number of fused-ring (bicyclic) bond motifs is 1. The molecule has 1 heterocycles. The molecule has 0 bridgehead atoms. The lowest BCUT2D eigenvalue weighted by atomic mass is 9.95. The summed E-state index contributed by atoms with van der Waals surface area (Å²) >= 11 is 5.96. The van der Waals surface area contributed by atoms with Crippen molar-refractivity contribution < 1.29 is 0 Å². The number of nitrogens with zero attached hydrogens (tertiary/aromatic N) is 1. The van der Waals surface area contributed by atoms with Crippen molar-refractivity contribution in [1.29, 1.82) is 0 Å². The van der Waals surface area contributed by atoms with Crippen LogP contribution in [0.4, 0.5) is 5.69 Å². The molecule has 0 saturated carbocycles. The van der Waals surface area contributed by atoms with Crippen molar-refractivity contribution in [2.45, 2.75) is 26.1 Å². The minimum absolute atomic E-state index is 0.152. The molecule has 0 radical (unpaired) electrons. The van der Waals surface area contributed by atoms with Crippen LogP contribution >= 0.6 is 11.6 Å². The van der Waals surface area contributed by atoms with Gasteiger partial charge in [0.1, 0.15) is 6.17 Å². The lowest BCUT2D eigenvalue weighted by Crippen LogP contribution is -2.35. The van der Waals surface area contributed by atoms with Crippen LogP contribution < -0.4 is 11.5 Å². The van der Waals surface area contributed by atoms with Gasteiger partial charge in [0, 0.05) is 22.5 Å². The quantitative estimate of drug-likeness (QED) is 0.816. The van der Waals surface area contributed by atoms with E-state index in [1.165, 1.54) is 5.56 Å². The first-order valence-electron chi connectivity index (χ1n) is 7.34. The van der Waals surface area contributed by atoms with E-state index in [1.54, 1.807) is 0 Å². The van der Waals surface area contributed by atoms with E-state index in [1.807, 2.05) is 49.5 Å². The second-order valence-electron chi connectivity index (χ2n) is 5.73. The SMILES string of the molecule is Cc1ccc2c(c1N)C=CN(C(C)c1ccc(Cl)cc1)C2N. The van der Waals surface area contributed by atoms with Gasteiger partial charge in [0.25, 0.3) is 0 Å². The maximum Gasteiger partial charge on any atom is 0.104 e. The number of aryl methyl sites for hydroxylation is 1. The maximum absolute atomic E-state index is 6.47. The number of hydrogen-bond acceptors (Lipinski definition) is 3. The Morgan fingerprint density at radius 2 is 1.82 bits per heavy atom. The van der Waals surface area contributed by atoms with Gasteiger partial charge in [-0.25, -0.2) is 0 Å². The Hall–Kier alpha value is -1.97. The lowest BCUT2D eigenvalue weighted by Gasteiger charge is -2.37. The van der Waals surface area contributed by atoms with Crippen molar-refractivity contribution in [1.82, 2.24) is 4.90 Å². The minimum atomic E-state index is -0.214. The normalized spacial score (nSPS) is 18.2. The van der Waals surface area contributed by atoms with Crippen LogP contribution in [0.3, 0.4) is 0 Å². The molecule has 2 unspecified atom stereocenters.